The van der Waals surface area contributed by atoms with E-state index >= 15 is 0 Å². The Balaban J connectivity index is 2.25. The first-order valence-electron chi connectivity index (χ1n) is 8.38. The van der Waals surface area contributed by atoms with Gasteiger partial charge in [0.05, 0.1) is 17.3 Å². The van der Waals surface area contributed by atoms with Crippen LogP contribution in [-0.4, -0.2) is 29.7 Å². The molecule has 0 saturated heterocycles. The minimum Gasteiger partial charge on any atom is -0.462 e. The summed E-state index contributed by atoms with van der Waals surface area (Å²) in [6.07, 6.45) is 1.73. The number of nitriles is 1. The highest BCUT2D eigenvalue weighted by molar-refractivity contribution is 8.02. The Morgan fingerprint density at radius 1 is 1.29 bits per heavy atom. The molecule has 2 N–H and O–H groups in total. The number of esters is 1. The summed E-state index contributed by atoms with van der Waals surface area (Å²) < 4.78 is 4.91. The van der Waals surface area contributed by atoms with Gasteiger partial charge in [-0.15, -0.1) is 11.8 Å². The van der Waals surface area contributed by atoms with Gasteiger partial charge in [-0.05, 0) is 38.7 Å². The standard InChI is InChI=1S/C19H20N4O3S2/c1-5-26-18(25)13(10-20)17(27-4)23-19-21-12(3)15(28-19)16(24)22-14-9-7-6-8-11(14)2/h6-9H,5H2,1-4H3,(H,21,23)(H,22,24)/b17-13+. The van der Waals surface area contributed by atoms with Crippen molar-refractivity contribution in [2.45, 2.75) is 20.8 Å². The molecule has 28 heavy (non-hydrogen) atoms. The van der Waals surface area contributed by atoms with Gasteiger partial charge < -0.3 is 15.4 Å². The maximum Gasteiger partial charge on any atom is 0.351 e. The second kappa shape index (κ2) is 9.92. The fourth-order valence-corrected chi connectivity index (χ4v) is 3.72. The van der Waals surface area contributed by atoms with Crippen LogP contribution in [0.25, 0.3) is 0 Å². The number of hydrogen-bond donors (Lipinski definition) is 2. The summed E-state index contributed by atoms with van der Waals surface area (Å²) in [6.45, 7) is 5.48. The highest BCUT2D eigenvalue weighted by Crippen LogP contribution is 2.28. The second-order valence-electron chi connectivity index (χ2n) is 5.57. The molecule has 0 bridgehead atoms. The van der Waals surface area contributed by atoms with Crippen LogP contribution in [0.15, 0.2) is 34.9 Å². The maximum atomic E-state index is 12.6. The van der Waals surface area contributed by atoms with Crippen LogP contribution >= 0.6 is 23.1 Å². The minimum atomic E-state index is -0.701. The zero-order valence-corrected chi connectivity index (χ0v) is 17.6. The van der Waals surface area contributed by atoms with Crippen LogP contribution in [0.2, 0.25) is 0 Å². The van der Waals surface area contributed by atoms with Crippen molar-refractivity contribution >= 4 is 45.8 Å². The number of carbonyl (C=O) groups excluding carboxylic acids is 2. The summed E-state index contributed by atoms with van der Waals surface area (Å²) >= 11 is 2.34. The molecule has 1 aromatic heterocycles. The van der Waals surface area contributed by atoms with Crippen LogP contribution in [-0.2, 0) is 9.53 Å². The number of carbonyl (C=O) groups is 2. The SMILES string of the molecule is CCOC(=O)/C(C#N)=C(\Nc1nc(C)c(C(=O)Nc2ccccc2C)s1)SC. The number of thiazole rings is 1. The van der Waals surface area contributed by atoms with E-state index in [2.05, 4.69) is 15.6 Å². The number of thioether (sulfide) groups is 1. The quantitative estimate of drug-likeness (QED) is 0.398. The van der Waals surface area contributed by atoms with Crippen molar-refractivity contribution in [2.24, 2.45) is 0 Å². The Labute approximate surface area is 171 Å². The molecule has 0 unspecified atom stereocenters. The molecule has 0 saturated carbocycles. The van der Waals surface area contributed by atoms with E-state index in [1.165, 1.54) is 11.8 Å². The lowest BCUT2D eigenvalue weighted by Gasteiger charge is -2.08. The number of rotatable bonds is 7. The number of nitrogens with zero attached hydrogens (tertiary/aromatic N) is 2. The third-order valence-corrected chi connectivity index (χ3v) is 5.43. The molecule has 7 nitrogen and oxygen atoms in total. The summed E-state index contributed by atoms with van der Waals surface area (Å²) in [6, 6.07) is 9.35. The predicted molar refractivity (Wildman–Crippen MR) is 112 cm³/mol. The third-order valence-electron chi connectivity index (χ3n) is 3.64. The summed E-state index contributed by atoms with van der Waals surface area (Å²) in [5, 5.41) is 15.9. The Morgan fingerprint density at radius 2 is 2.00 bits per heavy atom. The van der Waals surface area contributed by atoms with Gasteiger partial charge in [0.15, 0.2) is 10.7 Å². The number of amides is 1. The van der Waals surface area contributed by atoms with Crippen molar-refractivity contribution in [2.75, 3.05) is 23.5 Å². The zero-order valence-electron chi connectivity index (χ0n) is 16.0. The molecule has 0 radical (unpaired) electrons. The highest BCUT2D eigenvalue weighted by Gasteiger charge is 2.20. The van der Waals surface area contributed by atoms with Crippen LogP contribution in [0.5, 0.6) is 0 Å². The second-order valence-corrected chi connectivity index (χ2v) is 7.38. The van der Waals surface area contributed by atoms with E-state index in [0.717, 1.165) is 22.6 Å². The lowest BCUT2D eigenvalue weighted by atomic mass is 10.2. The lowest BCUT2D eigenvalue weighted by Crippen LogP contribution is -2.12. The van der Waals surface area contributed by atoms with Crippen molar-refractivity contribution in [3.63, 3.8) is 0 Å². The number of para-hydroxylation sites is 1. The lowest BCUT2D eigenvalue weighted by molar-refractivity contribution is -0.138. The van der Waals surface area contributed by atoms with Gasteiger partial charge in [-0.2, -0.15) is 5.26 Å². The molecule has 1 heterocycles. The summed E-state index contributed by atoms with van der Waals surface area (Å²) in [7, 11) is 0. The smallest absolute Gasteiger partial charge is 0.351 e. The Morgan fingerprint density at radius 3 is 2.61 bits per heavy atom. The molecule has 2 rings (SSSR count). The van der Waals surface area contributed by atoms with E-state index in [1.54, 1.807) is 20.1 Å². The Hall–Kier alpha value is -2.83. The van der Waals surface area contributed by atoms with Gasteiger partial charge in [0.25, 0.3) is 5.91 Å². The summed E-state index contributed by atoms with van der Waals surface area (Å²) in [5.74, 6) is -0.967. The van der Waals surface area contributed by atoms with Gasteiger partial charge in [0, 0.05) is 5.69 Å². The largest absolute Gasteiger partial charge is 0.462 e. The average Bonchev–Trinajstić information content (AvgIpc) is 3.04. The van der Waals surface area contributed by atoms with Gasteiger partial charge in [0.1, 0.15) is 10.9 Å². The zero-order chi connectivity index (χ0) is 20.7. The minimum absolute atomic E-state index is 0.131. The van der Waals surface area contributed by atoms with Crippen LogP contribution in [0, 0.1) is 25.2 Å². The predicted octanol–water partition coefficient (Wildman–Crippen LogP) is 4.09. The van der Waals surface area contributed by atoms with E-state index in [4.69, 9.17) is 4.74 Å². The maximum absolute atomic E-state index is 12.6. The molecule has 1 amide bonds. The van der Waals surface area contributed by atoms with Crippen molar-refractivity contribution in [1.29, 1.82) is 5.26 Å². The summed E-state index contributed by atoms with van der Waals surface area (Å²) in [4.78, 5) is 29.4. The van der Waals surface area contributed by atoms with Crippen LogP contribution in [0.3, 0.4) is 0 Å². The molecule has 0 spiro atoms. The molecular formula is C19H20N4O3S2. The molecule has 0 atom stereocenters. The number of ether oxygens (including phenoxy) is 1. The molecule has 1 aromatic carbocycles. The van der Waals surface area contributed by atoms with Crippen molar-refractivity contribution < 1.29 is 14.3 Å². The highest BCUT2D eigenvalue weighted by atomic mass is 32.2. The first-order chi connectivity index (χ1) is 13.4. The molecule has 9 heteroatoms. The normalized spacial score (nSPS) is 11.2. The van der Waals surface area contributed by atoms with Crippen LogP contribution in [0.4, 0.5) is 10.8 Å². The Kier molecular flexibility index (Phi) is 7.61. The third kappa shape index (κ3) is 5.12. The Bertz CT molecular complexity index is 960. The summed E-state index contributed by atoms with van der Waals surface area (Å²) in [5.41, 5.74) is 2.10. The van der Waals surface area contributed by atoms with E-state index in [0.29, 0.717) is 20.7 Å². The van der Waals surface area contributed by atoms with Gasteiger partial charge in [0.2, 0.25) is 0 Å². The molecular weight excluding hydrogens is 396 g/mol. The van der Waals surface area contributed by atoms with E-state index < -0.39 is 5.97 Å². The molecule has 2 aromatic rings. The number of hydrogen-bond acceptors (Lipinski definition) is 8. The number of aromatic nitrogens is 1. The molecule has 0 fully saturated rings. The van der Waals surface area contributed by atoms with Gasteiger partial charge in [-0.25, -0.2) is 9.78 Å². The average molecular weight is 417 g/mol. The van der Waals surface area contributed by atoms with Crippen LogP contribution in [0.1, 0.15) is 27.9 Å². The van der Waals surface area contributed by atoms with E-state index in [-0.39, 0.29) is 18.1 Å². The van der Waals surface area contributed by atoms with Crippen molar-refractivity contribution in [3.05, 3.63) is 51.0 Å². The topological polar surface area (TPSA) is 104 Å². The number of nitrogens with one attached hydrogen (secondary N) is 2. The van der Waals surface area contributed by atoms with Gasteiger partial charge in [-0.3, -0.25) is 4.79 Å². The number of benzene rings is 1. The van der Waals surface area contributed by atoms with Crippen molar-refractivity contribution in [3.8, 4) is 6.07 Å². The van der Waals surface area contributed by atoms with Gasteiger partial charge in [-0.1, -0.05) is 29.5 Å². The van der Waals surface area contributed by atoms with Crippen LogP contribution < -0.4 is 10.6 Å². The monoisotopic (exact) mass is 416 g/mol. The molecule has 0 aliphatic heterocycles. The molecule has 146 valence electrons. The molecule has 0 aliphatic carbocycles. The van der Waals surface area contributed by atoms with E-state index in [1.807, 2.05) is 37.3 Å². The van der Waals surface area contributed by atoms with E-state index in [9.17, 15) is 14.9 Å². The first-order valence-corrected chi connectivity index (χ1v) is 10.4. The molecule has 0 aliphatic rings. The first kappa shape index (κ1) is 21.5. The van der Waals surface area contributed by atoms with Crippen molar-refractivity contribution in [1.82, 2.24) is 4.98 Å². The van der Waals surface area contributed by atoms with Gasteiger partial charge >= 0.3 is 5.97 Å². The fourth-order valence-electron chi connectivity index (χ4n) is 2.26. The number of anilines is 2. The fraction of sp³-hybridized carbons (Fsp3) is 0.263. The number of aryl methyl sites for hydroxylation is 2.